The number of hydrogen-bond acceptors (Lipinski definition) is 4. The van der Waals surface area contributed by atoms with Gasteiger partial charge in [-0.2, -0.15) is 0 Å². The number of aromatic nitrogens is 1. The monoisotopic (exact) mass is 285 g/mol. The Hall–Kier alpha value is -2.40. The van der Waals surface area contributed by atoms with Gasteiger partial charge in [-0.3, -0.25) is 9.78 Å². The SMILES string of the molecule is Cc1ncc(N)cc1C(=O)N(CCO)Cc1ccccc1. The molecule has 0 saturated carbocycles. The summed E-state index contributed by atoms with van der Waals surface area (Å²) in [4.78, 5) is 18.3. The zero-order valence-electron chi connectivity index (χ0n) is 12.0. The molecule has 21 heavy (non-hydrogen) atoms. The third-order valence-electron chi connectivity index (χ3n) is 3.21. The van der Waals surface area contributed by atoms with Gasteiger partial charge in [0.1, 0.15) is 0 Å². The fourth-order valence-electron chi connectivity index (χ4n) is 2.11. The maximum atomic E-state index is 12.6. The first-order valence-electron chi connectivity index (χ1n) is 6.78. The van der Waals surface area contributed by atoms with Gasteiger partial charge < -0.3 is 15.7 Å². The highest BCUT2D eigenvalue weighted by Crippen LogP contribution is 2.14. The molecule has 0 spiro atoms. The van der Waals surface area contributed by atoms with E-state index >= 15 is 0 Å². The second-order valence-electron chi connectivity index (χ2n) is 4.84. The lowest BCUT2D eigenvalue weighted by Crippen LogP contribution is -2.33. The number of nitrogen functional groups attached to an aromatic ring is 1. The van der Waals surface area contributed by atoms with Crippen LogP contribution < -0.4 is 5.73 Å². The number of pyridine rings is 1. The van der Waals surface area contributed by atoms with E-state index in [1.54, 1.807) is 17.9 Å². The van der Waals surface area contributed by atoms with Gasteiger partial charge in [0.05, 0.1) is 29.7 Å². The topological polar surface area (TPSA) is 79.5 Å². The summed E-state index contributed by atoms with van der Waals surface area (Å²) in [5.74, 6) is -0.176. The maximum absolute atomic E-state index is 12.6. The molecule has 5 nitrogen and oxygen atoms in total. The van der Waals surface area contributed by atoms with Crippen molar-refractivity contribution in [1.82, 2.24) is 9.88 Å². The molecular weight excluding hydrogens is 266 g/mol. The Balaban J connectivity index is 2.25. The maximum Gasteiger partial charge on any atom is 0.256 e. The van der Waals surface area contributed by atoms with Crippen LogP contribution in [0.2, 0.25) is 0 Å². The predicted octanol–water partition coefficient (Wildman–Crippen LogP) is 1.61. The van der Waals surface area contributed by atoms with Crippen LogP contribution in [-0.4, -0.2) is 34.0 Å². The van der Waals surface area contributed by atoms with Crippen molar-refractivity contribution < 1.29 is 9.90 Å². The van der Waals surface area contributed by atoms with Crippen LogP contribution in [-0.2, 0) is 6.54 Å². The van der Waals surface area contributed by atoms with Gasteiger partial charge >= 0.3 is 0 Å². The number of rotatable bonds is 5. The normalized spacial score (nSPS) is 10.4. The molecule has 2 aromatic rings. The minimum absolute atomic E-state index is 0.0899. The minimum Gasteiger partial charge on any atom is -0.397 e. The van der Waals surface area contributed by atoms with Gasteiger partial charge in [0.2, 0.25) is 0 Å². The molecule has 110 valence electrons. The number of anilines is 1. The van der Waals surface area contributed by atoms with Crippen LogP contribution in [0.3, 0.4) is 0 Å². The van der Waals surface area contributed by atoms with Crippen molar-refractivity contribution in [3.63, 3.8) is 0 Å². The molecule has 0 fully saturated rings. The number of aliphatic hydroxyl groups excluding tert-OH is 1. The van der Waals surface area contributed by atoms with Gasteiger partial charge in [0.15, 0.2) is 0 Å². The van der Waals surface area contributed by atoms with Crippen LogP contribution in [0.15, 0.2) is 42.6 Å². The van der Waals surface area contributed by atoms with Gasteiger partial charge in [-0.05, 0) is 18.6 Å². The Morgan fingerprint density at radius 2 is 2.05 bits per heavy atom. The number of benzene rings is 1. The van der Waals surface area contributed by atoms with Crippen molar-refractivity contribution in [1.29, 1.82) is 0 Å². The third kappa shape index (κ3) is 3.79. The molecule has 0 unspecified atom stereocenters. The summed E-state index contributed by atoms with van der Waals surface area (Å²) in [5.41, 5.74) is 8.27. The first-order chi connectivity index (χ1) is 10.1. The summed E-state index contributed by atoms with van der Waals surface area (Å²) >= 11 is 0. The van der Waals surface area contributed by atoms with Crippen molar-refractivity contribution in [2.24, 2.45) is 0 Å². The van der Waals surface area contributed by atoms with Crippen LogP contribution in [0.1, 0.15) is 21.6 Å². The van der Waals surface area contributed by atoms with E-state index in [0.29, 0.717) is 23.5 Å². The van der Waals surface area contributed by atoms with Gasteiger partial charge in [-0.1, -0.05) is 30.3 Å². The van der Waals surface area contributed by atoms with E-state index in [4.69, 9.17) is 5.73 Å². The second kappa shape index (κ2) is 6.85. The van der Waals surface area contributed by atoms with Crippen molar-refractivity contribution in [3.05, 3.63) is 59.4 Å². The van der Waals surface area contributed by atoms with Gasteiger partial charge in [-0.25, -0.2) is 0 Å². The quantitative estimate of drug-likeness (QED) is 0.874. The zero-order chi connectivity index (χ0) is 15.2. The van der Waals surface area contributed by atoms with Crippen molar-refractivity contribution in [3.8, 4) is 0 Å². The highest BCUT2D eigenvalue weighted by Gasteiger charge is 2.18. The third-order valence-corrected chi connectivity index (χ3v) is 3.21. The van der Waals surface area contributed by atoms with Crippen molar-refractivity contribution in [2.45, 2.75) is 13.5 Å². The average Bonchev–Trinajstić information content (AvgIpc) is 2.49. The summed E-state index contributed by atoms with van der Waals surface area (Å²) < 4.78 is 0. The molecule has 0 aliphatic carbocycles. The van der Waals surface area contributed by atoms with Gasteiger partial charge in [0, 0.05) is 13.1 Å². The first kappa shape index (κ1) is 15.0. The molecule has 0 radical (unpaired) electrons. The van der Waals surface area contributed by atoms with E-state index in [2.05, 4.69) is 4.98 Å². The van der Waals surface area contributed by atoms with Gasteiger partial charge in [-0.15, -0.1) is 0 Å². The Morgan fingerprint density at radius 3 is 2.71 bits per heavy atom. The number of nitrogens with zero attached hydrogens (tertiary/aromatic N) is 2. The Labute approximate surface area is 124 Å². The lowest BCUT2D eigenvalue weighted by atomic mass is 10.1. The largest absolute Gasteiger partial charge is 0.397 e. The highest BCUT2D eigenvalue weighted by atomic mass is 16.3. The molecule has 1 aromatic carbocycles. The molecule has 0 atom stereocenters. The fraction of sp³-hybridized carbons (Fsp3) is 0.250. The smallest absolute Gasteiger partial charge is 0.256 e. The molecule has 1 heterocycles. The first-order valence-corrected chi connectivity index (χ1v) is 6.78. The molecule has 1 amide bonds. The van der Waals surface area contributed by atoms with Gasteiger partial charge in [0.25, 0.3) is 5.91 Å². The molecule has 0 saturated heterocycles. The number of carbonyl (C=O) groups excluding carboxylic acids is 1. The fourth-order valence-corrected chi connectivity index (χ4v) is 2.11. The van der Waals surface area contributed by atoms with Crippen LogP contribution in [0.5, 0.6) is 0 Å². The van der Waals surface area contributed by atoms with E-state index in [1.807, 2.05) is 30.3 Å². The van der Waals surface area contributed by atoms with Crippen LogP contribution in [0.4, 0.5) is 5.69 Å². The lowest BCUT2D eigenvalue weighted by molar-refractivity contribution is 0.0706. The number of aliphatic hydroxyl groups is 1. The second-order valence-corrected chi connectivity index (χ2v) is 4.84. The molecule has 2 rings (SSSR count). The number of carbonyl (C=O) groups is 1. The summed E-state index contributed by atoms with van der Waals surface area (Å²) in [6.45, 7) is 2.39. The molecule has 0 aliphatic rings. The van der Waals surface area contributed by atoms with Crippen LogP contribution in [0.25, 0.3) is 0 Å². The summed E-state index contributed by atoms with van der Waals surface area (Å²) in [7, 11) is 0. The Bertz CT molecular complexity index is 614. The minimum atomic E-state index is -0.176. The van der Waals surface area contributed by atoms with E-state index in [-0.39, 0.29) is 19.1 Å². The highest BCUT2D eigenvalue weighted by molar-refractivity contribution is 5.96. The van der Waals surface area contributed by atoms with Crippen molar-refractivity contribution >= 4 is 11.6 Å². The molecule has 5 heteroatoms. The summed E-state index contributed by atoms with van der Waals surface area (Å²) in [5, 5.41) is 9.20. The van der Waals surface area contributed by atoms with Crippen molar-refractivity contribution in [2.75, 3.05) is 18.9 Å². The molecule has 3 N–H and O–H groups in total. The number of hydrogen-bond donors (Lipinski definition) is 2. The number of amides is 1. The molecular formula is C16H19N3O2. The van der Waals surface area contributed by atoms with Crippen LogP contribution in [0, 0.1) is 6.92 Å². The van der Waals surface area contributed by atoms with E-state index in [0.717, 1.165) is 5.56 Å². The number of nitrogens with two attached hydrogens (primary N) is 1. The standard InChI is InChI=1S/C16H19N3O2/c1-12-15(9-14(17)10-18-12)16(21)19(7-8-20)11-13-5-3-2-4-6-13/h2-6,9-10,20H,7-8,11,17H2,1H3. The predicted molar refractivity (Wildman–Crippen MR) is 81.7 cm³/mol. The van der Waals surface area contributed by atoms with E-state index < -0.39 is 0 Å². The lowest BCUT2D eigenvalue weighted by Gasteiger charge is -2.22. The van der Waals surface area contributed by atoms with E-state index in [9.17, 15) is 9.90 Å². The zero-order valence-corrected chi connectivity index (χ0v) is 12.0. The molecule has 1 aromatic heterocycles. The van der Waals surface area contributed by atoms with E-state index in [1.165, 1.54) is 6.20 Å². The Morgan fingerprint density at radius 1 is 1.33 bits per heavy atom. The Kier molecular flexibility index (Phi) is 4.90. The average molecular weight is 285 g/mol. The molecule has 0 aliphatic heterocycles. The molecule has 0 bridgehead atoms. The number of aryl methyl sites for hydroxylation is 1. The summed E-state index contributed by atoms with van der Waals surface area (Å²) in [6, 6.07) is 11.3. The summed E-state index contributed by atoms with van der Waals surface area (Å²) in [6.07, 6.45) is 1.53. The van der Waals surface area contributed by atoms with Crippen LogP contribution >= 0.6 is 0 Å².